The summed E-state index contributed by atoms with van der Waals surface area (Å²) in [5.74, 6) is 0.107. The van der Waals surface area contributed by atoms with Crippen LogP contribution < -0.4 is 0 Å². The molecular weight excluding hydrogens is 268 g/mol. The molecule has 6 heteroatoms. The number of nitrogens with zero attached hydrogens (tertiary/aromatic N) is 1. The van der Waals surface area contributed by atoms with Gasteiger partial charge in [-0.1, -0.05) is 30.3 Å². The van der Waals surface area contributed by atoms with E-state index < -0.39 is 7.91 Å². The topological polar surface area (TPSA) is 38.8 Å². The minimum absolute atomic E-state index is 0.107. The van der Waals surface area contributed by atoms with Gasteiger partial charge in [-0.25, -0.2) is 4.57 Å². The molecule has 0 N–H and O–H groups in total. The van der Waals surface area contributed by atoms with Crippen LogP contribution in [0, 0.1) is 5.92 Å². The smallest absolute Gasteiger partial charge is 0.299 e. The molecule has 0 spiro atoms. The summed E-state index contributed by atoms with van der Waals surface area (Å²) in [7, 11) is -4.28. The SMILES string of the molecule is O=P1(F)OC[C@H]2CN(Cc3ccccc3)CC[C@@H]2O1. The first kappa shape index (κ1) is 13.3. The second-order valence-electron chi connectivity index (χ2n) is 5.14. The molecular formula is C13H17FNO3P. The molecule has 0 radical (unpaired) electrons. The lowest BCUT2D eigenvalue weighted by molar-refractivity contribution is -0.0363. The fourth-order valence-electron chi connectivity index (χ4n) is 2.75. The highest BCUT2D eigenvalue weighted by Crippen LogP contribution is 2.56. The molecule has 2 saturated heterocycles. The van der Waals surface area contributed by atoms with Crippen LogP contribution in [0.4, 0.5) is 4.20 Å². The maximum absolute atomic E-state index is 13.2. The van der Waals surface area contributed by atoms with E-state index in [0.717, 1.165) is 19.6 Å². The van der Waals surface area contributed by atoms with Crippen LogP contribution in [0.15, 0.2) is 30.3 Å². The van der Waals surface area contributed by atoms with Crippen molar-refractivity contribution in [2.24, 2.45) is 5.92 Å². The van der Waals surface area contributed by atoms with Crippen molar-refractivity contribution >= 4 is 7.91 Å². The molecule has 1 unspecified atom stereocenters. The van der Waals surface area contributed by atoms with Crippen LogP contribution in [-0.2, 0) is 20.2 Å². The van der Waals surface area contributed by atoms with E-state index in [-0.39, 0.29) is 18.6 Å². The molecule has 104 valence electrons. The minimum Gasteiger partial charge on any atom is -0.299 e. The second kappa shape index (κ2) is 5.33. The van der Waals surface area contributed by atoms with Gasteiger partial charge in [-0.2, -0.15) is 0 Å². The minimum atomic E-state index is -4.28. The Bertz CT molecular complexity index is 484. The van der Waals surface area contributed by atoms with Crippen LogP contribution in [0.25, 0.3) is 0 Å². The summed E-state index contributed by atoms with van der Waals surface area (Å²) in [5, 5.41) is 0. The van der Waals surface area contributed by atoms with E-state index in [4.69, 9.17) is 4.52 Å². The van der Waals surface area contributed by atoms with E-state index in [0.29, 0.717) is 6.42 Å². The lowest BCUT2D eigenvalue weighted by Crippen LogP contribution is -2.46. The summed E-state index contributed by atoms with van der Waals surface area (Å²) >= 11 is 0. The summed E-state index contributed by atoms with van der Waals surface area (Å²) in [6.07, 6.45) is 0.436. The molecule has 0 bridgehead atoms. The first-order valence-corrected chi connectivity index (χ1v) is 7.95. The molecule has 2 heterocycles. The third kappa shape index (κ3) is 3.23. The molecule has 0 aromatic heterocycles. The maximum Gasteiger partial charge on any atom is 0.513 e. The number of rotatable bonds is 2. The Kier molecular flexibility index (Phi) is 3.72. The molecule has 0 aliphatic carbocycles. The van der Waals surface area contributed by atoms with E-state index >= 15 is 0 Å². The first-order chi connectivity index (χ1) is 9.12. The van der Waals surface area contributed by atoms with Crippen LogP contribution in [0.3, 0.4) is 0 Å². The molecule has 3 rings (SSSR count). The lowest BCUT2D eigenvalue weighted by atomic mass is 9.95. The Morgan fingerprint density at radius 3 is 2.95 bits per heavy atom. The van der Waals surface area contributed by atoms with Crippen LogP contribution in [0.5, 0.6) is 0 Å². The first-order valence-electron chi connectivity index (χ1n) is 6.51. The van der Waals surface area contributed by atoms with Gasteiger partial charge in [0.25, 0.3) is 0 Å². The van der Waals surface area contributed by atoms with Crippen molar-refractivity contribution in [1.82, 2.24) is 4.90 Å². The second-order valence-corrected chi connectivity index (χ2v) is 6.47. The van der Waals surface area contributed by atoms with Crippen molar-refractivity contribution in [3.05, 3.63) is 35.9 Å². The van der Waals surface area contributed by atoms with Gasteiger partial charge in [-0.15, -0.1) is 4.20 Å². The molecule has 3 atom stereocenters. The van der Waals surface area contributed by atoms with E-state index in [1.807, 2.05) is 18.2 Å². The molecule has 1 aromatic carbocycles. The number of fused-ring (bicyclic) bond motifs is 1. The van der Waals surface area contributed by atoms with Gasteiger partial charge < -0.3 is 0 Å². The van der Waals surface area contributed by atoms with Crippen LogP contribution in [0.2, 0.25) is 0 Å². The normalized spacial score (nSPS) is 35.8. The van der Waals surface area contributed by atoms with Crippen molar-refractivity contribution < 1.29 is 17.8 Å². The Morgan fingerprint density at radius 1 is 1.37 bits per heavy atom. The van der Waals surface area contributed by atoms with E-state index in [1.54, 1.807) is 0 Å². The van der Waals surface area contributed by atoms with Crippen LogP contribution in [0.1, 0.15) is 12.0 Å². The van der Waals surface area contributed by atoms with Gasteiger partial charge in [0.05, 0.1) is 12.7 Å². The Labute approximate surface area is 112 Å². The summed E-state index contributed by atoms with van der Waals surface area (Å²) < 4.78 is 33.9. The van der Waals surface area contributed by atoms with Gasteiger partial charge >= 0.3 is 7.91 Å². The number of hydrogen-bond acceptors (Lipinski definition) is 4. The van der Waals surface area contributed by atoms with Crippen LogP contribution >= 0.6 is 7.91 Å². The van der Waals surface area contributed by atoms with E-state index in [9.17, 15) is 8.76 Å². The van der Waals surface area contributed by atoms with Crippen molar-refractivity contribution in [2.75, 3.05) is 19.7 Å². The van der Waals surface area contributed by atoms with E-state index in [2.05, 4.69) is 21.6 Å². The van der Waals surface area contributed by atoms with E-state index in [1.165, 1.54) is 5.56 Å². The van der Waals surface area contributed by atoms with Gasteiger partial charge in [0.15, 0.2) is 0 Å². The number of benzene rings is 1. The highest BCUT2D eigenvalue weighted by Gasteiger charge is 2.42. The van der Waals surface area contributed by atoms with Crippen molar-refractivity contribution in [3.8, 4) is 0 Å². The zero-order valence-corrected chi connectivity index (χ0v) is 11.5. The third-order valence-electron chi connectivity index (χ3n) is 3.70. The molecule has 0 saturated carbocycles. The van der Waals surface area contributed by atoms with Gasteiger partial charge in [0.2, 0.25) is 0 Å². The van der Waals surface area contributed by atoms with Crippen molar-refractivity contribution in [2.45, 2.75) is 19.1 Å². The van der Waals surface area contributed by atoms with Crippen molar-refractivity contribution in [3.63, 3.8) is 0 Å². The highest BCUT2D eigenvalue weighted by atomic mass is 31.2. The number of likely N-dealkylation sites (tertiary alicyclic amines) is 1. The third-order valence-corrected chi connectivity index (χ3v) is 4.68. The van der Waals surface area contributed by atoms with Gasteiger partial charge in [0.1, 0.15) is 0 Å². The number of piperidine rings is 1. The molecule has 2 aliphatic heterocycles. The van der Waals surface area contributed by atoms with Gasteiger partial charge in [-0.05, 0) is 12.0 Å². The molecule has 2 aliphatic rings. The Balaban J connectivity index is 1.60. The zero-order chi connectivity index (χ0) is 13.3. The predicted octanol–water partition coefficient (Wildman–Crippen LogP) is 3.00. The van der Waals surface area contributed by atoms with Gasteiger partial charge in [-0.3, -0.25) is 13.9 Å². The lowest BCUT2D eigenvalue weighted by Gasteiger charge is -2.40. The van der Waals surface area contributed by atoms with Crippen molar-refractivity contribution in [1.29, 1.82) is 0 Å². The zero-order valence-electron chi connectivity index (χ0n) is 10.6. The summed E-state index contributed by atoms with van der Waals surface area (Å²) in [6.45, 7) is 2.68. The average Bonchev–Trinajstić information content (AvgIpc) is 2.39. The van der Waals surface area contributed by atoms with Gasteiger partial charge in [0, 0.05) is 25.6 Å². The monoisotopic (exact) mass is 285 g/mol. The summed E-state index contributed by atoms with van der Waals surface area (Å²) in [4.78, 5) is 2.30. The summed E-state index contributed by atoms with van der Waals surface area (Å²) in [6, 6.07) is 10.2. The Hall–Kier alpha value is -0.740. The largest absolute Gasteiger partial charge is 0.513 e. The molecule has 0 amide bonds. The Morgan fingerprint density at radius 2 is 2.16 bits per heavy atom. The molecule has 2 fully saturated rings. The predicted molar refractivity (Wildman–Crippen MR) is 69.4 cm³/mol. The fourth-order valence-corrected chi connectivity index (χ4v) is 3.78. The molecule has 1 aromatic rings. The maximum atomic E-state index is 13.2. The van der Waals surface area contributed by atoms with Crippen LogP contribution in [-0.4, -0.2) is 30.7 Å². The number of halogens is 1. The number of hydrogen-bond donors (Lipinski definition) is 0. The average molecular weight is 285 g/mol. The highest BCUT2D eigenvalue weighted by molar-refractivity contribution is 7.48. The summed E-state index contributed by atoms with van der Waals surface area (Å²) in [5.41, 5.74) is 1.26. The molecule has 4 nitrogen and oxygen atoms in total. The standard InChI is InChI=1S/C13H17FNO3P/c14-19(16)17-10-12-9-15(7-6-13(12)18-19)8-11-4-2-1-3-5-11/h1-5,12-13H,6-10H2/t12-,13+,19?/m1/s1. The fraction of sp³-hybridized carbons (Fsp3) is 0.538. The quantitative estimate of drug-likeness (QED) is 0.783. The molecule has 19 heavy (non-hydrogen) atoms.